The van der Waals surface area contributed by atoms with Gasteiger partial charge in [0.05, 0.1) is 22.9 Å². The van der Waals surface area contributed by atoms with Gasteiger partial charge in [0.25, 0.3) is 11.4 Å². The maximum absolute atomic E-state index is 13.1. The first-order valence-electron chi connectivity index (χ1n) is 10.1. The number of benzene rings is 1. The maximum atomic E-state index is 13.1. The van der Waals surface area contributed by atoms with Crippen molar-refractivity contribution in [1.29, 1.82) is 0 Å². The zero-order chi connectivity index (χ0) is 21.2. The van der Waals surface area contributed by atoms with Crippen LogP contribution in [0, 0.1) is 0 Å². The number of furan rings is 1. The van der Waals surface area contributed by atoms with Gasteiger partial charge in [-0.05, 0) is 30.7 Å². The third-order valence-electron chi connectivity index (χ3n) is 4.99. The van der Waals surface area contributed by atoms with Crippen LogP contribution in [0.25, 0.3) is 28.3 Å². The van der Waals surface area contributed by atoms with Gasteiger partial charge in [0.1, 0.15) is 0 Å². The summed E-state index contributed by atoms with van der Waals surface area (Å²) in [4.78, 5) is 13.1. The fourth-order valence-electron chi connectivity index (χ4n) is 3.49. The molecule has 10 heteroatoms. The van der Waals surface area contributed by atoms with Crippen LogP contribution in [-0.2, 0) is 12.3 Å². The summed E-state index contributed by atoms with van der Waals surface area (Å²) in [6.07, 6.45) is 4.60. The van der Waals surface area contributed by atoms with E-state index in [4.69, 9.17) is 8.83 Å². The highest BCUT2D eigenvalue weighted by Crippen LogP contribution is 2.26. The van der Waals surface area contributed by atoms with E-state index in [2.05, 4.69) is 27.3 Å². The van der Waals surface area contributed by atoms with Crippen molar-refractivity contribution < 1.29 is 8.83 Å². The Kier molecular flexibility index (Phi) is 5.29. The second-order valence-corrected chi connectivity index (χ2v) is 8.01. The molecule has 0 unspecified atom stereocenters. The molecular formula is C21H20N6O3S. The molecule has 0 aliphatic heterocycles. The fourth-order valence-corrected chi connectivity index (χ4v) is 4.26. The molecule has 4 aromatic heterocycles. The number of rotatable bonds is 8. The van der Waals surface area contributed by atoms with E-state index in [9.17, 15) is 4.79 Å². The highest BCUT2D eigenvalue weighted by molar-refractivity contribution is 7.98. The Balaban J connectivity index is 1.50. The second kappa shape index (κ2) is 8.38. The standard InChI is InChI=1S/C21H20N6O3S/c1-2-3-6-11-26-19(28)14-8-4-5-9-15(14)27-20(26)24-25-21(27)31-13-17-22-23-18(30-17)16-10-7-12-29-16/h4-5,7-10,12H,2-3,6,11,13H2,1H3. The lowest BCUT2D eigenvalue weighted by Crippen LogP contribution is -2.23. The van der Waals surface area contributed by atoms with Crippen LogP contribution in [0.3, 0.4) is 0 Å². The lowest BCUT2D eigenvalue weighted by atomic mass is 10.2. The minimum atomic E-state index is -0.0388. The molecular weight excluding hydrogens is 416 g/mol. The highest BCUT2D eigenvalue weighted by Gasteiger charge is 2.18. The van der Waals surface area contributed by atoms with Crippen LogP contribution in [0.5, 0.6) is 0 Å². The molecule has 5 aromatic rings. The van der Waals surface area contributed by atoms with Crippen LogP contribution in [0.2, 0.25) is 0 Å². The summed E-state index contributed by atoms with van der Waals surface area (Å²) in [5, 5.41) is 18.1. The molecule has 0 aliphatic rings. The summed E-state index contributed by atoms with van der Waals surface area (Å²) in [6, 6.07) is 11.1. The monoisotopic (exact) mass is 436 g/mol. The molecule has 0 bridgehead atoms. The second-order valence-electron chi connectivity index (χ2n) is 7.07. The Hall–Kier alpha value is -3.40. The Bertz CT molecular complexity index is 1390. The van der Waals surface area contributed by atoms with E-state index in [1.165, 1.54) is 11.8 Å². The summed E-state index contributed by atoms with van der Waals surface area (Å²) in [6.45, 7) is 2.75. The molecule has 0 spiro atoms. The first kappa shape index (κ1) is 19.6. The predicted octanol–water partition coefficient (Wildman–Crippen LogP) is 4.17. The van der Waals surface area contributed by atoms with Crippen LogP contribution in [-0.4, -0.2) is 29.4 Å². The maximum Gasteiger partial charge on any atom is 0.283 e. The van der Waals surface area contributed by atoms with Gasteiger partial charge >= 0.3 is 0 Å². The Morgan fingerprint density at radius 3 is 2.77 bits per heavy atom. The number of hydrogen-bond acceptors (Lipinski definition) is 8. The molecule has 31 heavy (non-hydrogen) atoms. The van der Waals surface area contributed by atoms with Crippen molar-refractivity contribution in [3.8, 4) is 11.7 Å². The van der Waals surface area contributed by atoms with E-state index in [0.717, 1.165) is 24.8 Å². The van der Waals surface area contributed by atoms with E-state index in [1.807, 2.05) is 28.7 Å². The van der Waals surface area contributed by atoms with Gasteiger partial charge in [-0.15, -0.1) is 20.4 Å². The predicted molar refractivity (Wildman–Crippen MR) is 116 cm³/mol. The fraction of sp³-hybridized carbons (Fsp3) is 0.286. The number of para-hydroxylation sites is 1. The third kappa shape index (κ3) is 3.63. The summed E-state index contributed by atoms with van der Waals surface area (Å²) in [7, 11) is 0. The Labute approximate surface area is 181 Å². The average molecular weight is 436 g/mol. The van der Waals surface area contributed by atoms with Crippen LogP contribution >= 0.6 is 11.8 Å². The van der Waals surface area contributed by atoms with Crippen molar-refractivity contribution in [3.63, 3.8) is 0 Å². The van der Waals surface area contributed by atoms with Crippen LogP contribution in [0.15, 0.2) is 61.4 Å². The van der Waals surface area contributed by atoms with Gasteiger partial charge in [0.2, 0.25) is 11.7 Å². The minimum Gasteiger partial charge on any atom is -0.459 e. The van der Waals surface area contributed by atoms with Crippen molar-refractivity contribution in [3.05, 3.63) is 58.9 Å². The molecule has 0 amide bonds. The normalized spacial score (nSPS) is 11.6. The molecule has 0 N–H and O–H groups in total. The molecule has 0 radical (unpaired) electrons. The number of hydrogen-bond donors (Lipinski definition) is 0. The first-order chi connectivity index (χ1) is 15.3. The molecule has 0 saturated heterocycles. The number of aryl methyl sites for hydroxylation is 1. The molecule has 0 saturated carbocycles. The molecule has 9 nitrogen and oxygen atoms in total. The minimum absolute atomic E-state index is 0.0388. The van der Waals surface area contributed by atoms with Crippen molar-refractivity contribution >= 4 is 28.4 Å². The molecule has 0 fully saturated rings. The number of unbranched alkanes of at least 4 members (excludes halogenated alkanes) is 2. The van der Waals surface area contributed by atoms with E-state index in [0.29, 0.717) is 46.2 Å². The van der Waals surface area contributed by atoms with Gasteiger partial charge in [0, 0.05) is 6.54 Å². The van der Waals surface area contributed by atoms with Gasteiger partial charge < -0.3 is 8.83 Å². The molecule has 0 atom stereocenters. The number of aromatic nitrogens is 6. The number of thioether (sulfide) groups is 1. The summed E-state index contributed by atoms with van der Waals surface area (Å²) in [5.74, 6) is 2.27. The van der Waals surface area contributed by atoms with E-state index < -0.39 is 0 Å². The molecule has 0 aliphatic carbocycles. The molecule has 1 aromatic carbocycles. The van der Waals surface area contributed by atoms with E-state index in [1.54, 1.807) is 23.0 Å². The van der Waals surface area contributed by atoms with Gasteiger partial charge in [-0.3, -0.25) is 13.8 Å². The topological polar surface area (TPSA) is 104 Å². The number of fused-ring (bicyclic) bond motifs is 3. The van der Waals surface area contributed by atoms with Crippen molar-refractivity contribution in [2.24, 2.45) is 0 Å². The van der Waals surface area contributed by atoms with Crippen molar-refractivity contribution in [2.75, 3.05) is 0 Å². The molecule has 4 heterocycles. The van der Waals surface area contributed by atoms with Crippen LogP contribution in [0.1, 0.15) is 32.1 Å². The average Bonchev–Trinajstić information content (AvgIpc) is 3.55. The third-order valence-corrected chi connectivity index (χ3v) is 5.90. The van der Waals surface area contributed by atoms with E-state index >= 15 is 0 Å². The lowest BCUT2D eigenvalue weighted by molar-refractivity contribution is 0.494. The molecule has 158 valence electrons. The largest absolute Gasteiger partial charge is 0.459 e. The SMILES string of the molecule is CCCCCn1c(=O)c2ccccc2n2c(SCc3nnc(-c4ccco4)o3)nnc12. The zero-order valence-corrected chi connectivity index (χ0v) is 17.7. The first-order valence-corrected chi connectivity index (χ1v) is 11.1. The Morgan fingerprint density at radius 2 is 1.94 bits per heavy atom. The lowest BCUT2D eigenvalue weighted by Gasteiger charge is -2.10. The summed E-state index contributed by atoms with van der Waals surface area (Å²) in [5.41, 5.74) is 0.742. The van der Waals surface area contributed by atoms with Gasteiger partial charge in [-0.1, -0.05) is 43.7 Å². The van der Waals surface area contributed by atoms with E-state index in [-0.39, 0.29) is 5.56 Å². The van der Waals surface area contributed by atoms with Crippen molar-refractivity contribution in [1.82, 2.24) is 29.4 Å². The molecule has 5 rings (SSSR count). The van der Waals surface area contributed by atoms with Gasteiger partial charge in [-0.25, -0.2) is 0 Å². The highest BCUT2D eigenvalue weighted by atomic mass is 32.2. The van der Waals surface area contributed by atoms with Gasteiger partial charge in [0.15, 0.2) is 10.9 Å². The summed E-state index contributed by atoms with van der Waals surface area (Å²) >= 11 is 1.43. The summed E-state index contributed by atoms with van der Waals surface area (Å²) < 4.78 is 14.6. The van der Waals surface area contributed by atoms with Crippen LogP contribution < -0.4 is 5.56 Å². The number of nitrogens with zero attached hydrogens (tertiary/aromatic N) is 6. The zero-order valence-electron chi connectivity index (χ0n) is 16.9. The van der Waals surface area contributed by atoms with Gasteiger partial charge in [-0.2, -0.15) is 0 Å². The Morgan fingerprint density at radius 1 is 1.03 bits per heavy atom. The quantitative estimate of drug-likeness (QED) is 0.264. The van der Waals surface area contributed by atoms with Crippen LogP contribution in [0.4, 0.5) is 0 Å². The van der Waals surface area contributed by atoms with Crippen molar-refractivity contribution in [2.45, 2.75) is 43.6 Å². The smallest absolute Gasteiger partial charge is 0.283 e.